The summed E-state index contributed by atoms with van der Waals surface area (Å²) in [4.78, 5) is 11.5. The second-order valence-corrected chi connectivity index (χ2v) is 4.09. The quantitative estimate of drug-likeness (QED) is 0.761. The van der Waals surface area contributed by atoms with Crippen LogP contribution in [0.2, 0.25) is 0 Å². The van der Waals surface area contributed by atoms with Crippen molar-refractivity contribution in [2.45, 2.75) is 13.5 Å². The predicted molar refractivity (Wildman–Crippen MR) is 55.5 cm³/mol. The molecule has 1 aromatic rings. The number of fused-ring (bicyclic) bond motifs is 1. The third-order valence-electron chi connectivity index (χ3n) is 2.18. The van der Waals surface area contributed by atoms with Crippen molar-refractivity contribution < 1.29 is 14.3 Å². The number of hydrogen-bond donors (Lipinski definition) is 0. The van der Waals surface area contributed by atoms with E-state index in [9.17, 15) is 4.79 Å². The van der Waals surface area contributed by atoms with Gasteiger partial charge >= 0.3 is 5.97 Å². The van der Waals surface area contributed by atoms with Gasteiger partial charge < -0.3 is 9.47 Å². The largest absolute Gasteiger partial charge is 0.476 e. The van der Waals surface area contributed by atoms with Gasteiger partial charge in [0.15, 0.2) is 0 Å². The zero-order chi connectivity index (χ0) is 10.8. The zero-order valence-electron chi connectivity index (χ0n) is 8.27. The molecule has 6 heteroatoms. The van der Waals surface area contributed by atoms with Crippen LogP contribution in [0.3, 0.4) is 0 Å². The Morgan fingerprint density at radius 3 is 3.40 bits per heavy atom. The van der Waals surface area contributed by atoms with E-state index in [1.54, 1.807) is 17.8 Å². The van der Waals surface area contributed by atoms with Gasteiger partial charge in [-0.2, -0.15) is 5.10 Å². The summed E-state index contributed by atoms with van der Waals surface area (Å²) in [6.45, 7) is 3.05. The number of nitrogens with zero attached hydrogens (tertiary/aromatic N) is 2. The van der Waals surface area contributed by atoms with Crippen LogP contribution in [0.25, 0.3) is 0 Å². The van der Waals surface area contributed by atoms with Gasteiger partial charge in [-0.3, -0.25) is 4.79 Å². The normalized spacial score (nSPS) is 19.2. The molecule has 1 unspecified atom stereocenters. The Morgan fingerprint density at radius 1 is 1.87 bits per heavy atom. The Kier molecular flexibility index (Phi) is 2.95. The average molecular weight is 275 g/mol. The first kappa shape index (κ1) is 10.5. The van der Waals surface area contributed by atoms with Crippen LogP contribution in [0.1, 0.15) is 6.92 Å². The lowest BCUT2D eigenvalue weighted by Gasteiger charge is -2.22. The van der Waals surface area contributed by atoms with Gasteiger partial charge in [0.05, 0.1) is 23.8 Å². The molecule has 5 nitrogen and oxygen atoms in total. The molecule has 0 aromatic carbocycles. The highest BCUT2D eigenvalue weighted by molar-refractivity contribution is 9.10. The Morgan fingerprint density at radius 2 is 2.67 bits per heavy atom. The molecule has 0 saturated carbocycles. The van der Waals surface area contributed by atoms with Crippen molar-refractivity contribution in [3.63, 3.8) is 0 Å². The van der Waals surface area contributed by atoms with E-state index in [-0.39, 0.29) is 11.9 Å². The minimum atomic E-state index is -0.260. The van der Waals surface area contributed by atoms with Gasteiger partial charge in [0.25, 0.3) is 0 Å². The number of ether oxygens (including phenoxy) is 2. The smallest absolute Gasteiger partial charge is 0.314 e. The van der Waals surface area contributed by atoms with E-state index in [4.69, 9.17) is 9.47 Å². The van der Waals surface area contributed by atoms with Crippen LogP contribution in [-0.2, 0) is 16.1 Å². The van der Waals surface area contributed by atoms with Gasteiger partial charge in [-0.25, -0.2) is 4.68 Å². The fourth-order valence-corrected chi connectivity index (χ4v) is 1.88. The molecule has 0 saturated heterocycles. The number of carbonyl (C=O) groups is 1. The van der Waals surface area contributed by atoms with Crippen LogP contribution < -0.4 is 4.74 Å². The van der Waals surface area contributed by atoms with E-state index in [1.165, 1.54) is 0 Å². The molecule has 0 bridgehead atoms. The third-order valence-corrected chi connectivity index (χ3v) is 2.73. The molecular formula is C9H11BrN2O3. The van der Waals surface area contributed by atoms with E-state index < -0.39 is 0 Å². The van der Waals surface area contributed by atoms with Gasteiger partial charge in [-0.1, -0.05) is 0 Å². The molecule has 2 heterocycles. The van der Waals surface area contributed by atoms with Gasteiger partial charge in [0, 0.05) is 0 Å². The second-order valence-electron chi connectivity index (χ2n) is 3.24. The Hall–Kier alpha value is -1.04. The minimum Gasteiger partial charge on any atom is -0.476 e. The SMILES string of the molecule is CCOC(=O)C1COc2c(Br)cnn2C1. The molecule has 1 aliphatic rings. The summed E-state index contributed by atoms with van der Waals surface area (Å²) < 4.78 is 12.8. The summed E-state index contributed by atoms with van der Waals surface area (Å²) in [5.74, 6) is 0.189. The first-order valence-electron chi connectivity index (χ1n) is 4.73. The molecule has 0 spiro atoms. The Bertz CT molecular complexity index is 377. The molecule has 1 atom stereocenters. The number of halogens is 1. The van der Waals surface area contributed by atoms with E-state index in [2.05, 4.69) is 21.0 Å². The molecule has 82 valence electrons. The lowest BCUT2D eigenvalue weighted by atomic mass is 10.1. The summed E-state index contributed by atoms with van der Waals surface area (Å²) in [6, 6.07) is 0. The van der Waals surface area contributed by atoms with E-state index in [0.717, 1.165) is 4.47 Å². The fourth-order valence-electron chi connectivity index (χ4n) is 1.47. The van der Waals surface area contributed by atoms with Crippen molar-refractivity contribution >= 4 is 21.9 Å². The lowest BCUT2D eigenvalue weighted by Crippen LogP contribution is -2.33. The zero-order valence-corrected chi connectivity index (χ0v) is 9.86. The van der Waals surface area contributed by atoms with Gasteiger partial charge in [0.1, 0.15) is 12.5 Å². The van der Waals surface area contributed by atoms with Crippen LogP contribution in [0, 0.1) is 5.92 Å². The molecule has 1 aromatic heterocycles. The first-order chi connectivity index (χ1) is 7.22. The van der Waals surface area contributed by atoms with Crippen molar-refractivity contribution in [3.8, 4) is 5.88 Å². The van der Waals surface area contributed by atoms with Crippen LogP contribution in [0.15, 0.2) is 10.7 Å². The summed E-state index contributed by atoms with van der Waals surface area (Å²) in [6.07, 6.45) is 1.66. The van der Waals surface area contributed by atoms with Crippen molar-refractivity contribution in [3.05, 3.63) is 10.7 Å². The third kappa shape index (κ3) is 1.99. The number of hydrogen-bond acceptors (Lipinski definition) is 4. The van der Waals surface area contributed by atoms with Crippen molar-refractivity contribution in [1.29, 1.82) is 0 Å². The van der Waals surface area contributed by atoms with E-state index in [0.29, 0.717) is 25.6 Å². The highest BCUT2D eigenvalue weighted by Gasteiger charge is 2.28. The molecule has 15 heavy (non-hydrogen) atoms. The summed E-state index contributed by atoms with van der Waals surface area (Å²) >= 11 is 3.32. The monoisotopic (exact) mass is 274 g/mol. The maximum atomic E-state index is 11.5. The molecule has 0 fully saturated rings. The van der Waals surface area contributed by atoms with Gasteiger partial charge in [-0.05, 0) is 22.9 Å². The molecule has 0 aliphatic carbocycles. The van der Waals surface area contributed by atoms with Gasteiger partial charge in [-0.15, -0.1) is 0 Å². The molecule has 0 N–H and O–H groups in total. The molecule has 1 aliphatic heterocycles. The predicted octanol–water partition coefficient (Wildman–Crippen LogP) is 1.22. The van der Waals surface area contributed by atoms with Crippen molar-refractivity contribution in [1.82, 2.24) is 9.78 Å². The number of rotatable bonds is 2. The average Bonchev–Trinajstić information content (AvgIpc) is 2.60. The highest BCUT2D eigenvalue weighted by atomic mass is 79.9. The lowest BCUT2D eigenvalue weighted by molar-refractivity contribution is -0.150. The van der Waals surface area contributed by atoms with Crippen LogP contribution >= 0.6 is 15.9 Å². The van der Waals surface area contributed by atoms with E-state index in [1.807, 2.05) is 0 Å². The molecular weight excluding hydrogens is 264 g/mol. The first-order valence-corrected chi connectivity index (χ1v) is 5.52. The highest BCUT2D eigenvalue weighted by Crippen LogP contribution is 2.28. The fraction of sp³-hybridized carbons (Fsp3) is 0.556. The Labute approximate surface area is 95.5 Å². The topological polar surface area (TPSA) is 53.4 Å². The van der Waals surface area contributed by atoms with Crippen LogP contribution in [-0.4, -0.2) is 29.0 Å². The van der Waals surface area contributed by atoms with E-state index >= 15 is 0 Å². The molecule has 0 radical (unpaired) electrons. The number of carbonyl (C=O) groups excluding carboxylic acids is 1. The molecule has 2 rings (SSSR count). The maximum Gasteiger partial charge on any atom is 0.314 e. The summed E-state index contributed by atoms with van der Waals surface area (Å²) in [7, 11) is 0. The molecule has 0 amide bonds. The number of aromatic nitrogens is 2. The van der Waals surface area contributed by atoms with Crippen LogP contribution in [0.5, 0.6) is 5.88 Å². The van der Waals surface area contributed by atoms with Gasteiger partial charge in [0.2, 0.25) is 5.88 Å². The summed E-state index contributed by atoms with van der Waals surface area (Å²) in [5.41, 5.74) is 0. The maximum absolute atomic E-state index is 11.5. The standard InChI is InChI=1S/C9H11BrN2O3/c1-2-14-9(13)6-4-12-8(15-5-6)7(10)3-11-12/h3,6H,2,4-5H2,1H3. The number of esters is 1. The summed E-state index contributed by atoms with van der Waals surface area (Å²) in [5, 5.41) is 4.09. The minimum absolute atomic E-state index is 0.227. The van der Waals surface area contributed by atoms with Crippen molar-refractivity contribution in [2.24, 2.45) is 5.92 Å². The van der Waals surface area contributed by atoms with Crippen LogP contribution in [0.4, 0.5) is 0 Å². The van der Waals surface area contributed by atoms with Crippen molar-refractivity contribution in [2.75, 3.05) is 13.2 Å². The Balaban J connectivity index is 2.09. The second kappa shape index (κ2) is 4.22.